The molecule has 3 nitrogen and oxygen atoms in total. The molecular weight excluding hydrogens is 302 g/mol. The maximum Gasteiger partial charge on any atom is 0.0991 e. The van der Waals surface area contributed by atoms with Gasteiger partial charge in [0, 0.05) is 36.1 Å². The van der Waals surface area contributed by atoms with E-state index in [1.807, 2.05) is 17.1 Å². The van der Waals surface area contributed by atoms with E-state index >= 15 is 0 Å². The van der Waals surface area contributed by atoms with Crippen molar-refractivity contribution in [1.29, 1.82) is 0 Å². The van der Waals surface area contributed by atoms with E-state index in [0.29, 0.717) is 0 Å². The van der Waals surface area contributed by atoms with E-state index in [2.05, 4.69) is 71.7 Å². The lowest BCUT2D eigenvalue weighted by Crippen LogP contribution is -2.17. The Hall–Kier alpha value is -2.04. The van der Waals surface area contributed by atoms with Gasteiger partial charge in [0.2, 0.25) is 0 Å². The summed E-state index contributed by atoms with van der Waals surface area (Å²) in [5, 5.41) is 0. The Bertz CT molecular complexity index is 718. The fraction of sp³-hybridized carbons (Fsp3) is 0.211. The molecule has 23 heavy (non-hydrogen) atoms. The number of benzene rings is 2. The van der Waals surface area contributed by atoms with E-state index in [-0.39, 0.29) is 0 Å². The van der Waals surface area contributed by atoms with Crippen LogP contribution in [0.3, 0.4) is 0 Å². The first kappa shape index (κ1) is 15.8. The van der Waals surface area contributed by atoms with Gasteiger partial charge in [-0.05, 0) is 48.7 Å². The SMILES string of the molecule is CSc1ccc(CN(C)Cc2ccc(-n3ccnc3)cc2)cc1. The van der Waals surface area contributed by atoms with Crippen molar-refractivity contribution >= 4 is 11.8 Å². The van der Waals surface area contributed by atoms with Crippen LogP contribution >= 0.6 is 11.8 Å². The highest BCUT2D eigenvalue weighted by Gasteiger charge is 2.03. The van der Waals surface area contributed by atoms with Crippen LogP contribution in [0.4, 0.5) is 0 Å². The van der Waals surface area contributed by atoms with Gasteiger partial charge in [0.25, 0.3) is 0 Å². The molecule has 0 N–H and O–H groups in total. The van der Waals surface area contributed by atoms with Gasteiger partial charge in [-0.3, -0.25) is 4.90 Å². The Morgan fingerprint density at radius 1 is 0.957 bits per heavy atom. The van der Waals surface area contributed by atoms with E-state index < -0.39 is 0 Å². The highest BCUT2D eigenvalue weighted by atomic mass is 32.2. The van der Waals surface area contributed by atoms with Gasteiger partial charge in [0.1, 0.15) is 0 Å². The zero-order chi connectivity index (χ0) is 16.1. The topological polar surface area (TPSA) is 21.1 Å². The van der Waals surface area contributed by atoms with Gasteiger partial charge in [0.05, 0.1) is 6.33 Å². The van der Waals surface area contributed by atoms with E-state index in [4.69, 9.17) is 0 Å². The zero-order valence-electron chi connectivity index (χ0n) is 13.5. The van der Waals surface area contributed by atoms with Crippen LogP contribution in [0.2, 0.25) is 0 Å². The molecule has 0 saturated carbocycles. The fourth-order valence-electron chi connectivity index (χ4n) is 2.60. The number of rotatable bonds is 6. The van der Waals surface area contributed by atoms with Crippen LogP contribution in [0.25, 0.3) is 5.69 Å². The molecule has 0 fully saturated rings. The fourth-order valence-corrected chi connectivity index (χ4v) is 3.00. The van der Waals surface area contributed by atoms with Crippen molar-refractivity contribution in [2.45, 2.75) is 18.0 Å². The standard InChI is InChI=1S/C19H21N3S/c1-21(14-17-5-9-19(23-2)10-6-17)13-16-3-7-18(8-4-16)22-12-11-20-15-22/h3-12,15H,13-14H2,1-2H3. The number of imidazole rings is 1. The zero-order valence-corrected chi connectivity index (χ0v) is 14.3. The average Bonchev–Trinajstić information content (AvgIpc) is 3.11. The van der Waals surface area contributed by atoms with E-state index in [9.17, 15) is 0 Å². The maximum absolute atomic E-state index is 4.08. The molecule has 0 radical (unpaired) electrons. The van der Waals surface area contributed by atoms with Crippen molar-refractivity contribution in [3.63, 3.8) is 0 Å². The lowest BCUT2D eigenvalue weighted by molar-refractivity contribution is 0.319. The summed E-state index contributed by atoms with van der Waals surface area (Å²) >= 11 is 1.78. The molecule has 0 unspecified atom stereocenters. The van der Waals surface area contributed by atoms with Crippen LogP contribution in [0.1, 0.15) is 11.1 Å². The predicted octanol–water partition coefficient (Wildman–Crippen LogP) is 4.23. The van der Waals surface area contributed by atoms with Crippen LogP contribution in [0, 0.1) is 0 Å². The Morgan fingerprint density at radius 2 is 1.57 bits per heavy atom. The Labute approximate surface area is 142 Å². The number of hydrogen-bond donors (Lipinski definition) is 0. The average molecular weight is 323 g/mol. The van der Waals surface area contributed by atoms with Crippen molar-refractivity contribution in [2.24, 2.45) is 0 Å². The second-order valence-electron chi connectivity index (χ2n) is 5.66. The largest absolute Gasteiger partial charge is 0.306 e. The minimum Gasteiger partial charge on any atom is -0.306 e. The Kier molecular flexibility index (Phi) is 5.16. The molecule has 118 valence electrons. The molecule has 4 heteroatoms. The molecular formula is C19H21N3S. The number of nitrogens with zero attached hydrogens (tertiary/aromatic N) is 3. The Balaban J connectivity index is 1.59. The number of hydrogen-bond acceptors (Lipinski definition) is 3. The molecule has 0 aliphatic carbocycles. The van der Waals surface area contributed by atoms with E-state index in [1.165, 1.54) is 16.0 Å². The highest BCUT2D eigenvalue weighted by Crippen LogP contribution is 2.16. The molecule has 0 aliphatic rings. The van der Waals surface area contributed by atoms with E-state index in [0.717, 1.165) is 18.8 Å². The lowest BCUT2D eigenvalue weighted by Gasteiger charge is -2.17. The summed E-state index contributed by atoms with van der Waals surface area (Å²) < 4.78 is 2.01. The molecule has 0 spiro atoms. The van der Waals surface area contributed by atoms with Gasteiger partial charge in [-0.2, -0.15) is 0 Å². The second kappa shape index (κ2) is 7.49. The van der Waals surface area contributed by atoms with Gasteiger partial charge in [0.15, 0.2) is 0 Å². The molecule has 0 bridgehead atoms. The molecule has 0 aliphatic heterocycles. The molecule has 3 aromatic rings. The first-order chi connectivity index (χ1) is 11.2. The lowest BCUT2D eigenvalue weighted by atomic mass is 10.1. The summed E-state index contributed by atoms with van der Waals surface area (Å²) in [7, 11) is 2.16. The van der Waals surface area contributed by atoms with Crippen LogP contribution in [0.15, 0.2) is 72.1 Å². The van der Waals surface area contributed by atoms with Crippen molar-refractivity contribution in [1.82, 2.24) is 14.5 Å². The van der Waals surface area contributed by atoms with Crippen LogP contribution in [-0.4, -0.2) is 27.8 Å². The maximum atomic E-state index is 4.08. The monoisotopic (exact) mass is 323 g/mol. The Morgan fingerprint density at radius 3 is 2.09 bits per heavy atom. The molecule has 0 saturated heterocycles. The molecule has 1 heterocycles. The van der Waals surface area contributed by atoms with Gasteiger partial charge in [-0.15, -0.1) is 11.8 Å². The number of thioether (sulfide) groups is 1. The van der Waals surface area contributed by atoms with Crippen molar-refractivity contribution in [2.75, 3.05) is 13.3 Å². The van der Waals surface area contributed by atoms with Gasteiger partial charge < -0.3 is 4.57 Å². The van der Waals surface area contributed by atoms with Crippen LogP contribution in [0.5, 0.6) is 0 Å². The molecule has 0 amide bonds. The van der Waals surface area contributed by atoms with Crippen LogP contribution < -0.4 is 0 Å². The van der Waals surface area contributed by atoms with Crippen molar-refractivity contribution in [3.05, 3.63) is 78.4 Å². The molecule has 2 aromatic carbocycles. The van der Waals surface area contributed by atoms with Crippen molar-refractivity contribution < 1.29 is 0 Å². The van der Waals surface area contributed by atoms with Crippen LogP contribution in [-0.2, 0) is 13.1 Å². The third kappa shape index (κ3) is 4.24. The van der Waals surface area contributed by atoms with E-state index in [1.54, 1.807) is 18.0 Å². The third-order valence-corrected chi connectivity index (χ3v) is 4.55. The van der Waals surface area contributed by atoms with Crippen molar-refractivity contribution in [3.8, 4) is 5.69 Å². The molecule has 3 rings (SSSR count). The molecule has 1 aromatic heterocycles. The minimum absolute atomic E-state index is 0.939. The summed E-state index contributed by atoms with van der Waals surface area (Å²) in [6.07, 6.45) is 7.68. The van der Waals surface area contributed by atoms with Gasteiger partial charge in [-0.25, -0.2) is 4.98 Å². The smallest absolute Gasteiger partial charge is 0.0991 e. The second-order valence-corrected chi connectivity index (χ2v) is 6.54. The summed E-state index contributed by atoms with van der Waals surface area (Å²) in [5.41, 5.74) is 3.80. The number of aromatic nitrogens is 2. The summed E-state index contributed by atoms with van der Waals surface area (Å²) in [5.74, 6) is 0. The predicted molar refractivity (Wildman–Crippen MR) is 97.0 cm³/mol. The summed E-state index contributed by atoms with van der Waals surface area (Å²) in [6, 6.07) is 17.4. The first-order valence-electron chi connectivity index (χ1n) is 7.63. The quantitative estimate of drug-likeness (QED) is 0.634. The molecule has 0 atom stereocenters. The normalized spacial score (nSPS) is 11.1. The highest BCUT2D eigenvalue weighted by molar-refractivity contribution is 7.98. The first-order valence-corrected chi connectivity index (χ1v) is 8.86. The minimum atomic E-state index is 0.939. The van der Waals surface area contributed by atoms with Gasteiger partial charge in [-0.1, -0.05) is 24.3 Å². The van der Waals surface area contributed by atoms with Gasteiger partial charge >= 0.3 is 0 Å². The third-order valence-electron chi connectivity index (χ3n) is 3.80. The summed E-state index contributed by atoms with van der Waals surface area (Å²) in [6.45, 7) is 1.90. The summed E-state index contributed by atoms with van der Waals surface area (Å²) in [4.78, 5) is 7.73.